The van der Waals surface area contributed by atoms with E-state index < -0.39 is 28.4 Å². The molecular weight excluding hydrogens is 451 g/mol. The Balaban J connectivity index is 1.76. The van der Waals surface area contributed by atoms with Gasteiger partial charge in [-0.3, -0.25) is 4.79 Å². The average molecular weight is 475 g/mol. The second-order valence-corrected chi connectivity index (χ2v) is 8.97. The number of ether oxygens (including phenoxy) is 2. The number of methoxy groups -OCH3 is 1. The molecule has 0 amide bonds. The summed E-state index contributed by atoms with van der Waals surface area (Å²) >= 11 is 0. The third-order valence-corrected chi connectivity index (χ3v) is 6.09. The Morgan fingerprint density at radius 1 is 1.03 bits per heavy atom. The molecule has 0 bridgehead atoms. The quantitative estimate of drug-likeness (QED) is 0.396. The summed E-state index contributed by atoms with van der Waals surface area (Å²) in [6, 6.07) is 11.3. The summed E-state index contributed by atoms with van der Waals surface area (Å²) in [6.07, 6.45) is 0. The van der Waals surface area contributed by atoms with E-state index in [9.17, 15) is 22.4 Å². The van der Waals surface area contributed by atoms with Gasteiger partial charge < -0.3 is 14.0 Å². The first-order valence-electron chi connectivity index (χ1n) is 9.83. The zero-order valence-corrected chi connectivity index (χ0v) is 19.1. The van der Waals surface area contributed by atoms with Crippen molar-refractivity contribution in [2.45, 2.75) is 25.3 Å². The summed E-state index contributed by atoms with van der Waals surface area (Å²) < 4.78 is 48.5. The highest BCUT2D eigenvalue weighted by Crippen LogP contribution is 2.23. The van der Waals surface area contributed by atoms with Crippen LogP contribution >= 0.6 is 0 Å². The maximum absolute atomic E-state index is 13.2. The van der Waals surface area contributed by atoms with Crippen molar-refractivity contribution in [3.05, 3.63) is 82.4 Å². The van der Waals surface area contributed by atoms with Crippen molar-refractivity contribution in [3.8, 4) is 5.75 Å². The van der Waals surface area contributed by atoms with Crippen LogP contribution in [0.25, 0.3) is 0 Å². The van der Waals surface area contributed by atoms with Crippen LogP contribution in [0.5, 0.6) is 5.75 Å². The third-order valence-electron chi connectivity index (χ3n) is 5.18. The van der Waals surface area contributed by atoms with Gasteiger partial charge in [-0.1, -0.05) is 12.1 Å². The molecule has 0 aliphatic rings. The second-order valence-electron chi connectivity index (χ2n) is 7.40. The summed E-state index contributed by atoms with van der Waals surface area (Å²) in [6.45, 7) is 3.50. The van der Waals surface area contributed by atoms with Crippen LogP contribution in [0.4, 0.5) is 4.39 Å². The lowest BCUT2D eigenvalue weighted by Crippen LogP contribution is -2.17. The van der Waals surface area contributed by atoms with E-state index in [1.165, 1.54) is 31.4 Å². The van der Waals surface area contributed by atoms with E-state index in [1.54, 1.807) is 25.1 Å². The van der Waals surface area contributed by atoms with E-state index in [2.05, 4.69) is 0 Å². The van der Waals surface area contributed by atoms with Gasteiger partial charge in [0.25, 0.3) is 0 Å². The number of halogens is 1. The molecule has 3 aromatic rings. The van der Waals surface area contributed by atoms with E-state index in [0.717, 1.165) is 17.3 Å². The molecule has 174 valence electrons. The van der Waals surface area contributed by atoms with Crippen LogP contribution in [0.1, 0.15) is 37.7 Å². The van der Waals surface area contributed by atoms with Gasteiger partial charge in [0, 0.05) is 23.5 Å². The molecule has 0 aliphatic carbocycles. The Morgan fingerprint density at radius 2 is 1.70 bits per heavy atom. The van der Waals surface area contributed by atoms with E-state index in [1.807, 2.05) is 11.5 Å². The normalized spacial score (nSPS) is 11.3. The number of esters is 1. The highest BCUT2D eigenvalue weighted by molar-refractivity contribution is 7.89. The molecule has 1 heterocycles. The van der Waals surface area contributed by atoms with Crippen LogP contribution in [0.3, 0.4) is 0 Å². The fourth-order valence-corrected chi connectivity index (χ4v) is 3.95. The summed E-state index contributed by atoms with van der Waals surface area (Å²) in [5, 5.41) is 5.12. The minimum absolute atomic E-state index is 0.0809. The number of nitrogens with two attached hydrogens (primary N) is 1. The molecule has 0 unspecified atom stereocenters. The van der Waals surface area contributed by atoms with Gasteiger partial charge in [-0.15, -0.1) is 0 Å². The minimum Gasteiger partial charge on any atom is -0.496 e. The first-order valence-corrected chi connectivity index (χ1v) is 11.4. The molecule has 10 heteroatoms. The molecule has 0 aliphatic heterocycles. The van der Waals surface area contributed by atoms with Crippen molar-refractivity contribution >= 4 is 21.8 Å². The number of Topliss-reactive ketones (excluding diaryl/α,β-unsaturated/α-hetero) is 1. The molecular formula is C23H23FN2O6S. The molecule has 8 nitrogen and oxygen atoms in total. The molecule has 0 fully saturated rings. The number of nitrogens with zero attached hydrogens (tertiary/aromatic N) is 1. The van der Waals surface area contributed by atoms with Gasteiger partial charge in [0.15, 0.2) is 6.61 Å². The number of ketones is 1. The molecule has 2 N–H and O–H groups in total. The number of rotatable bonds is 8. The van der Waals surface area contributed by atoms with Crippen LogP contribution < -0.4 is 9.88 Å². The summed E-state index contributed by atoms with van der Waals surface area (Å²) in [5.41, 5.74) is 2.57. The second kappa shape index (κ2) is 9.55. The lowest BCUT2D eigenvalue weighted by atomic mass is 10.1. The number of primary sulfonamides is 1. The number of benzene rings is 2. The predicted octanol–water partition coefficient (Wildman–Crippen LogP) is 2.99. The Labute approximate surface area is 190 Å². The van der Waals surface area contributed by atoms with Crippen molar-refractivity contribution in [1.82, 2.24) is 4.57 Å². The van der Waals surface area contributed by atoms with E-state index in [0.29, 0.717) is 17.8 Å². The fourth-order valence-electron chi connectivity index (χ4n) is 3.41. The summed E-state index contributed by atoms with van der Waals surface area (Å²) in [7, 11) is -2.74. The van der Waals surface area contributed by atoms with Gasteiger partial charge in [-0.05, 0) is 55.8 Å². The standard InChI is InChI=1S/C23H23FN2O6S/c1-14-10-19(15(2)26(14)12-16-4-6-17(24)7-5-16)21(27)13-32-23(28)20-11-18(33(25,29)30)8-9-22(20)31-3/h4-11H,12-13H2,1-3H3,(H2,25,29,30). The van der Waals surface area contributed by atoms with E-state index >= 15 is 0 Å². The SMILES string of the molecule is COc1ccc(S(N)(=O)=O)cc1C(=O)OCC(=O)c1cc(C)n(Cc2ccc(F)cc2)c1C. The Morgan fingerprint density at radius 3 is 2.30 bits per heavy atom. The van der Waals surface area contributed by atoms with Crippen molar-refractivity contribution in [2.24, 2.45) is 5.14 Å². The van der Waals surface area contributed by atoms with Crippen molar-refractivity contribution in [2.75, 3.05) is 13.7 Å². The van der Waals surface area contributed by atoms with Gasteiger partial charge in [0.05, 0.1) is 12.0 Å². The molecule has 1 aromatic heterocycles. The number of hydrogen-bond acceptors (Lipinski definition) is 6. The molecule has 0 saturated carbocycles. The molecule has 0 atom stereocenters. The van der Waals surface area contributed by atoms with Gasteiger partial charge in [-0.25, -0.2) is 22.7 Å². The lowest BCUT2D eigenvalue weighted by Gasteiger charge is -2.11. The molecule has 33 heavy (non-hydrogen) atoms. The van der Waals surface area contributed by atoms with E-state index in [4.69, 9.17) is 14.6 Å². The monoisotopic (exact) mass is 474 g/mol. The molecule has 2 aromatic carbocycles. The molecule has 0 spiro atoms. The van der Waals surface area contributed by atoms with Crippen LogP contribution in [0, 0.1) is 19.7 Å². The number of carbonyl (C=O) groups is 2. The topological polar surface area (TPSA) is 118 Å². The summed E-state index contributed by atoms with van der Waals surface area (Å²) in [4.78, 5) is 25.0. The van der Waals surface area contributed by atoms with Gasteiger partial charge in [0.2, 0.25) is 15.8 Å². The van der Waals surface area contributed by atoms with Crippen molar-refractivity contribution in [1.29, 1.82) is 0 Å². The summed E-state index contributed by atoms with van der Waals surface area (Å²) in [5.74, 6) is -1.60. The lowest BCUT2D eigenvalue weighted by molar-refractivity contribution is 0.0471. The zero-order valence-electron chi connectivity index (χ0n) is 18.3. The van der Waals surface area contributed by atoms with Gasteiger partial charge in [0.1, 0.15) is 17.1 Å². The number of aryl methyl sites for hydroxylation is 1. The molecule has 0 radical (unpaired) electrons. The van der Waals surface area contributed by atoms with Crippen LogP contribution in [0.2, 0.25) is 0 Å². The first-order chi connectivity index (χ1) is 15.5. The number of hydrogen-bond donors (Lipinski definition) is 1. The Hall–Kier alpha value is -3.50. The predicted molar refractivity (Wildman–Crippen MR) is 118 cm³/mol. The number of aromatic nitrogens is 1. The van der Waals surface area contributed by atoms with Crippen LogP contribution in [-0.2, 0) is 21.3 Å². The number of sulfonamides is 1. The largest absolute Gasteiger partial charge is 0.496 e. The molecule has 0 saturated heterocycles. The third kappa shape index (κ3) is 5.47. The Kier molecular flexibility index (Phi) is 6.99. The van der Waals surface area contributed by atoms with Crippen LogP contribution in [0.15, 0.2) is 53.4 Å². The Bertz CT molecular complexity index is 1310. The number of carbonyl (C=O) groups excluding carboxylic acids is 2. The van der Waals surface area contributed by atoms with Gasteiger partial charge >= 0.3 is 5.97 Å². The highest BCUT2D eigenvalue weighted by atomic mass is 32.2. The fraction of sp³-hybridized carbons (Fsp3) is 0.217. The van der Waals surface area contributed by atoms with Crippen molar-refractivity contribution in [3.63, 3.8) is 0 Å². The first kappa shape index (κ1) is 24.1. The maximum Gasteiger partial charge on any atom is 0.342 e. The smallest absolute Gasteiger partial charge is 0.342 e. The average Bonchev–Trinajstić information content (AvgIpc) is 3.06. The maximum atomic E-state index is 13.2. The zero-order chi connectivity index (χ0) is 24.3. The van der Waals surface area contributed by atoms with E-state index in [-0.39, 0.29) is 22.0 Å². The van der Waals surface area contributed by atoms with Gasteiger partial charge in [-0.2, -0.15) is 0 Å². The minimum atomic E-state index is -4.05. The highest BCUT2D eigenvalue weighted by Gasteiger charge is 2.21. The van der Waals surface area contributed by atoms with Crippen molar-refractivity contribution < 1.29 is 31.9 Å². The van der Waals surface area contributed by atoms with Crippen LogP contribution in [-0.4, -0.2) is 38.5 Å². The molecule has 3 rings (SSSR count).